The number of ether oxygens (including phenoxy) is 2. The van der Waals surface area contributed by atoms with Crippen LogP contribution in [0.3, 0.4) is 0 Å². The van der Waals surface area contributed by atoms with Crippen LogP contribution in [0.4, 0.5) is 0 Å². The van der Waals surface area contributed by atoms with Gasteiger partial charge >= 0.3 is 0 Å². The van der Waals surface area contributed by atoms with Gasteiger partial charge in [-0.15, -0.1) is 0 Å². The molecule has 1 rings (SSSR count). The molecular weight excluding hydrogens is 238 g/mol. The van der Waals surface area contributed by atoms with Crippen molar-refractivity contribution in [2.45, 2.75) is 51.9 Å². The zero-order valence-corrected chi connectivity index (χ0v) is 13.0. The lowest BCUT2D eigenvalue weighted by atomic mass is 9.96. The van der Waals surface area contributed by atoms with E-state index in [9.17, 15) is 0 Å². The molecule has 0 saturated carbocycles. The summed E-state index contributed by atoms with van der Waals surface area (Å²) in [4.78, 5) is 2.53. The minimum Gasteiger partial charge on any atom is -0.384 e. The molecule has 0 aromatic rings. The quantitative estimate of drug-likeness (QED) is 0.538. The molecule has 114 valence electrons. The number of nitrogens with zero attached hydrogens (tertiary/aromatic N) is 1. The molecule has 1 saturated heterocycles. The van der Waals surface area contributed by atoms with Crippen molar-refractivity contribution >= 4 is 0 Å². The first-order valence-corrected chi connectivity index (χ1v) is 8.15. The Morgan fingerprint density at radius 2 is 1.79 bits per heavy atom. The Hall–Kier alpha value is -0.120. The van der Waals surface area contributed by atoms with Crippen LogP contribution >= 0.6 is 0 Å². The minimum atomic E-state index is 0.785. The fraction of sp³-hybridized carbons (Fsp3) is 1.00. The Morgan fingerprint density at radius 1 is 1.05 bits per heavy atom. The fourth-order valence-electron chi connectivity index (χ4n) is 2.81. The average Bonchev–Trinajstić information content (AvgIpc) is 2.45. The normalized spacial score (nSPS) is 18.6. The van der Waals surface area contributed by atoms with Gasteiger partial charge < -0.3 is 9.47 Å². The average molecular weight is 271 g/mol. The Kier molecular flexibility index (Phi) is 10.4. The second-order valence-corrected chi connectivity index (χ2v) is 5.77. The predicted molar refractivity (Wildman–Crippen MR) is 80.6 cm³/mol. The van der Waals surface area contributed by atoms with Crippen LogP contribution in [0.2, 0.25) is 0 Å². The summed E-state index contributed by atoms with van der Waals surface area (Å²) in [6.07, 6.45) is 9.41. The smallest absolute Gasteiger partial charge is 0.0594 e. The third kappa shape index (κ3) is 8.61. The van der Waals surface area contributed by atoms with Gasteiger partial charge in [0.1, 0.15) is 0 Å². The Morgan fingerprint density at radius 3 is 2.47 bits per heavy atom. The predicted octanol–water partition coefficient (Wildman–Crippen LogP) is 3.33. The molecule has 1 aliphatic rings. The molecule has 0 unspecified atom stereocenters. The number of hydrogen-bond acceptors (Lipinski definition) is 3. The van der Waals surface area contributed by atoms with Crippen molar-refractivity contribution in [2.75, 3.05) is 46.6 Å². The monoisotopic (exact) mass is 271 g/mol. The summed E-state index contributed by atoms with van der Waals surface area (Å²) >= 11 is 0. The topological polar surface area (TPSA) is 21.7 Å². The van der Waals surface area contributed by atoms with E-state index in [1.54, 1.807) is 0 Å². The van der Waals surface area contributed by atoms with E-state index in [1.165, 1.54) is 51.5 Å². The summed E-state index contributed by atoms with van der Waals surface area (Å²) in [5, 5.41) is 0. The first kappa shape index (κ1) is 16.9. The van der Waals surface area contributed by atoms with Crippen molar-refractivity contribution in [1.82, 2.24) is 4.90 Å². The summed E-state index contributed by atoms with van der Waals surface area (Å²) in [7, 11) is 1.83. The second-order valence-electron chi connectivity index (χ2n) is 5.77. The van der Waals surface area contributed by atoms with Gasteiger partial charge in [0.05, 0.1) is 13.2 Å². The van der Waals surface area contributed by atoms with E-state index in [0.717, 1.165) is 38.8 Å². The minimum absolute atomic E-state index is 0.785. The van der Waals surface area contributed by atoms with Gasteiger partial charge in [-0.05, 0) is 31.7 Å². The number of unbranched alkanes of at least 4 members (excludes halogenated alkanes) is 3. The highest BCUT2D eigenvalue weighted by Crippen LogP contribution is 2.17. The fourth-order valence-corrected chi connectivity index (χ4v) is 2.81. The van der Waals surface area contributed by atoms with Gasteiger partial charge in [0.2, 0.25) is 0 Å². The molecule has 0 radical (unpaired) electrons. The lowest BCUT2D eigenvalue weighted by Crippen LogP contribution is -2.36. The SMILES string of the molecule is CCCC[C@H](CCCCCN1CCOCC1)COC. The molecule has 0 N–H and O–H groups in total. The molecule has 0 amide bonds. The summed E-state index contributed by atoms with van der Waals surface area (Å²) in [5.41, 5.74) is 0. The molecule has 1 fully saturated rings. The number of morpholine rings is 1. The molecule has 3 nitrogen and oxygen atoms in total. The van der Waals surface area contributed by atoms with E-state index in [4.69, 9.17) is 9.47 Å². The van der Waals surface area contributed by atoms with Gasteiger partial charge in [-0.3, -0.25) is 4.90 Å². The van der Waals surface area contributed by atoms with Gasteiger partial charge in [-0.2, -0.15) is 0 Å². The Balaban J connectivity index is 1.97. The van der Waals surface area contributed by atoms with Gasteiger partial charge in [0, 0.05) is 26.8 Å². The lowest BCUT2D eigenvalue weighted by molar-refractivity contribution is 0.0370. The van der Waals surface area contributed by atoms with E-state index in [2.05, 4.69) is 11.8 Å². The highest BCUT2D eigenvalue weighted by Gasteiger charge is 2.10. The summed E-state index contributed by atoms with van der Waals surface area (Å²) in [5.74, 6) is 0.785. The van der Waals surface area contributed by atoms with Crippen molar-refractivity contribution in [3.63, 3.8) is 0 Å². The van der Waals surface area contributed by atoms with Crippen molar-refractivity contribution in [3.8, 4) is 0 Å². The van der Waals surface area contributed by atoms with Crippen molar-refractivity contribution in [2.24, 2.45) is 5.92 Å². The van der Waals surface area contributed by atoms with Crippen LogP contribution in [-0.2, 0) is 9.47 Å². The van der Waals surface area contributed by atoms with Crippen molar-refractivity contribution in [3.05, 3.63) is 0 Å². The number of hydrogen-bond donors (Lipinski definition) is 0. The van der Waals surface area contributed by atoms with E-state index in [0.29, 0.717) is 0 Å². The van der Waals surface area contributed by atoms with Crippen molar-refractivity contribution < 1.29 is 9.47 Å². The summed E-state index contributed by atoms with van der Waals surface area (Å²) in [6, 6.07) is 0. The van der Waals surface area contributed by atoms with E-state index in [1.807, 2.05) is 7.11 Å². The molecule has 19 heavy (non-hydrogen) atoms. The first-order valence-electron chi connectivity index (χ1n) is 8.15. The van der Waals surface area contributed by atoms with Gasteiger partial charge in [0.15, 0.2) is 0 Å². The van der Waals surface area contributed by atoms with Crippen LogP contribution in [-0.4, -0.2) is 51.5 Å². The van der Waals surface area contributed by atoms with Gasteiger partial charge in [0.25, 0.3) is 0 Å². The maximum absolute atomic E-state index is 5.37. The van der Waals surface area contributed by atoms with Crippen LogP contribution in [0.25, 0.3) is 0 Å². The second kappa shape index (κ2) is 11.7. The molecular formula is C16H33NO2. The zero-order valence-electron chi connectivity index (χ0n) is 13.0. The molecule has 0 aliphatic carbocycles. The first-order chi connectivity index (χ1) is 9.36. The highest BCUT2D eigenvalue weighted by molar-refractivity contribution is 4.63. The molecule has 0 aromatic carbocycles. The number of methoxy groups -OCH3 is 1. The zero-order chi connectivity index (χ0) is 13.8. The number of rotatable bonds is 11. The van der Waals surface area contributed by atoms with Crippen LogP contribution in [0.5, 0.6) is 0 Å². The molecule has 0 bridgehead atoms. The highest BCUT2D eigenvalue weighted by atomic mass is 16.5. The Labute approximate surface area is 119 Å². The molecule has 0 aromatic heterocycles. The van der Waals surface area contributed by atoms with E-state index < -0.39 is 0 Å². The standard InChI is InChI=1S/C16H33NO2/c1-3-4-8-16(15-18-2)9-6-5-7-10-17-11-13-19-14-12-17/h16H,3-15H2,1-2H3/t16-/m1/s1. The van der Waals surface area contributed by atoms with Gasteiger partial charge in [-0.1, -0.05) is 32.6 Å². The molecule has 3 heteroatoms. The van der Waals surface area contributed by atoms with Crippen LogP contribution < -0.4 is 0 Å². The Bertz CT molecular complexity index is 193. The van der Waals surface area contributed by atoms with E-state index in [-0.39, 0.29) is 0 Å². The lowest BCUT2D eigenvalue weighted by Gasteiger charge is -2.26. The summed E-state index contributed by atoms with van der Waals surface area (Å²) < 4.78 is 10.7. The largest absolute Gasteiger partial charge is 0.384 e. The third-order valence-electron chi connectivity index (χ3n) is 4.06. The molecule has 0 spiro atoms. The van der Waals surface area contributed by atoms with Crippen LogP contribution in [0.1, 0.15) is 51.9 Å². The van der Waals surface area contributed by atoms with Crippen molar-refractivity contribution in [1.29, 1.82) is 0 Å². The summed E-state index contributed by atoms with van der Waals surface area (Å²) in [6.45, 7) is 8.58. The van der Waals surface area contributed by atoms with Crippen LogP contribution in [0.15, 0.2) is 0 Å². The van der Waals surface area contributed by atoms with Gasteiger partial charge in [-0.25, -0.2) is 0 Å². The van der Waals surface area contributed by atoms with Crippen LogP contribution in [0, 0.1) is 5.92 Å². The third-order valence-corrected chi connectivity index (χ3v) is 4.06. The molecule has 1 aliphatic heterocycles. The maximum atomic E-state index is 5.37. The van der Waals surface area contributed by atoms with E-state index >= 15 is 0 Å². The molecule has 1 heterocycles. The maximum Gasteiger partial charge on any atom is 0.0594 e. The molecule has 1 atom stereocenters.